The molecule has 0 aliphatic rings. The van der Waals surface area contributed by atoms with Gasteiger partial charge >= 0.3 is 6.61 Å². The van der Waals surface area contributed by atoms with Gasteiger partial charge in [-0.2, -0.15) is 13.9 Å². The molecule has 134 valence electrons. The van der Waals surface area contributed by atoms with Gasteiger partial charge < -0.3 is 10.1 Å². The topological polar surface area (TPSA) is 56.2 Å². The van der Waals surface area contributed by atoms with Gasteiger partial charge in [-0.05, 0) is 35.4 Å². The van der Waals surface area contributed by atoms with E-state index >= 15 is 0 Å². The van der Waals surface area contributed by atoms with Crippen LogP contribution in [0.15, 0.2) is 67.0 Å². The van der Waals surface area contributed by atoms with E-state index in [9.17, 15) is 13.6 Å². The van der Waals surface area contributed by atoms with Gasteiger partial charge in [-0.15, -0.1) is 0 Å². The minimum absolute atomic E-state index is 0.0493. The van der Waals surface area contributed by atoms with Gasteiger partial charge in [0.2, 0.25) is 0 Å². The molecule has 5 nitrogen and oxygen atoms in total. The van der Waals surface area contributed by atoms with Crippen molar-refractivity contribution in [3.05, 3.63) is 83.7 Å². The van der Waals surface area contributed by atoms with Gasteiger partial charge in [0.05, 0.1) is 6.54 Å². The summed E-state index contributed by atoms with van der Waals surface area (Å²) in [4.78, 5) is 12.3. The van der Waals surface area contributed by atoms with Gasteiger partial charge in [-0.3, -0.25) is 9.48 Å². The predicted octanol–water partition coefficient (Wildman–Crippen LogP) is 3.46. The third-order valence-electron chi connectivity index (χ3n) is 3.77. The van der Waals surface area contributed by atoms with E-state index in [4.69, 9.17) is 0 Å². The number of aromatic nitrogens is 2. The molecule has 3 aromatic rings. The minimum Gasteiger partial charge on any atom is -0.435 e. The van der Waals surface area contributed by atoms with Crippen molar-refractivity contribution >= 4 is 5.91 Å². The van der Waals surface area contributed by atoms with Crippen molar-refractivity contribution < 1.29 is 18.3 Å². The van der Waals surface area contributed by atoms with Gasteiger partial charge in [0.1, 0.15) is 5.75 Å². The standard InChI is InChI=1S/C19H17F2N3O2/c20-19(21)26-17-8-3-7-14(11-17)18(25)22-12-15-5-1-2-6-16(15)13-24-10-4-9-23-24/h1-11,19H,12-13H2,(H,22,25). The Morgan fingerprint density at radius 3 is 2.65 bits per heavy atom. The fraction of sp³-hybridized carbons (Fsp3) is 0.158. The summed E-state index contributed by atoms with van der Waals surface area (Å²) in [6.45, 7) is -2.02. The first-order valence-electron chi connectivity index (χ1n) is 7.99. The highest BCUT2D eigenvalue weighted by molar-refractivity contribution is 5.94. The van der Waals surface area contributed by atoms with Crippen LogP contribution >= 0.6 is 0 Å². The Hall–Kier alpha value is -3.22. The quantitative estimate of drug-likeness (QED) is 0.705. The first-order valence-corrected chi connectivity index (χ1v) is 7.99. The van der Waals surface area contributed by atoms with Crippen LogP contribution in [0.3, 0.4) is 0 Å². The number of carbonyl (C=O) groups is 1. The summed E-state index contributed by atoms with van der Waals surface area (Å²) in [7, 11) is 0. The van der Waals surface area contributed by atoms with Crippen LogP contribution in [-0.2, 0) is 13.1 Å². The molecule has 0 unspecified atom stereocenters. The van der Waals surface area contributed by atoms with Gasteiger partial charge in [0.25, 0.3) is 5.91 Å². The number of benzene rings is 2. The highest BCUT2D eigenvalue weighted by Gasteiger charge is 2.10. The molecule has 0 spiro atoms. The van der Waals surface area contributed by atoms with Gasteiger partial charge in [0, 0.05) is 24.5 Å². The summed E-state index contributed by atoms with van der Waals surface area (Å²) in [5.41, 5.74) is 2.25. The molecule has 3 rings (SSSR count). The molecule has 0 radical (unpaired) electrons. The Bertz CT molecular complexity index is 867. The molecule has 0 saturated heterocycles. The van der Waals surface area contributed by atoms with Crippen molar-refractivity contribution in [2.24, 2.45) is 0 Å². The van der Waals surface area contributed by atoms with E-state index in [-0.39, 0.29) is 17.2 Å². The molecular formula is C19H17F2N3O2. The number of nitrogens with zero attached hydrogens (tertiary/aromatic N) is 2. The van der Waals surface area contributed by atoms with Crippen LogP contribution in [-0.4, -0.2) is 22.3 Å². The third-order valence-corrected chi connectivity index (χ3v) is 3.77. The highest BCUT2D eigenvalue weighted by atomic mass is 19.3. The summed E-state index contributed by atoms with van der Waals surface area (Å²) in [5, 5.41) is 6.99. The number of nitrogens with one attached hydrogen (secondary N) is 1. The van der Waals surface area contributed by atoms with Crippen molar-refractivity contribution in [2.75, 3.05) is 0 Å². The monoisotopic (exact) mass is 357 g/mol. The molecule has 0 saturated carbocycles. The number of ether oxygens (including phenoxy) is 1. The fourth-order valence-electron chi connectivity index (χ4n) is 2.54. The molecule has 0 bridgehead atoms. The van der Waals surface area contributed by atoms with Crippen LogP contribution in [0.25, 0.3) is 0 Å². The van der Waals surface area contributed by atoms with Crippen LogP contribution in [0.2, 0.25) is 0 Å². The number of halogens is 2. The van der Waals surface area contributed by atoms with E-state index in [1.54, 1.807) is 16.9 Å². The Kier molecular flexibility index (Phi) is 5.58. The molecule has 2 aromatic carbocycles. The zero-order chi connectivity index (χ0) is 18.4. The first kappa shape index (κ1) is 17.6. The number of hydrogen-bond donors (Lipinski definition) is 1. The third kappa shape index (κ3) is 4.66. The summed E-state index contributed by atoms with van der Waals surface area (Å²) in [5.74, 6) is -0.412. The SMILES string of the molecule is O=C(NCc1ccccc1Cn1cccn1)c1cccc(OC(F)F)c1. The normalized spacial score (nSPS) is 10.7. The second kappa shape index (κ2) is 8.24. The van der Waals surface area contributed by atoms with E-state index in [1.165, 1.54) is 18.2 Å². The average molecular weight is 357 g/mol. The lowest BCUT2D eigenvalue weighted by molar-refractivity contribution is -0.0498. The Labute approximate surface area is 149 Å². The maximum absolute atomic E-state index is 12.3. The molecule has 1 heterocycles. The summed E-state index contributed by atoms with van der Waals surface area (Å²) in [6.07, 6.45) is 3.57. The van der Waals surface area contributed by atoms with Crippen LogP contribution < -0.4 is 10.1 Å². The predicted molar refractivity (Wildman–Crippen MR) is 92.0 cm³/mol. The van der Waals surface area contributed by atoms with E-state index in [2.05, 4.69) is 15.2 Å². The van der Waals surface area contributed by atoms with Crippen molar-refractivity contribution in [2.45, 2.75) is 19.7 Å². The molecular weight excluding hydrogens is 340 g/mol. The summed E-state index contributed by atoms with van der Waals surface area (Å²) in [6, 6.07) is 15.3. The zero-order valence-electron chi connectivity index (χ0n) is 13.8. The maximum Gasteiger partial charge on any atom is 0.387 e. The Balaban J connectivity index is 1.66. The van der Waals surface area contributed by atoms with Crippen molar-refractivity contribution in [3.63, 3.8) is 0 Å². The molecule has 7 heteroatoms. The summed E-state index contributed by atoms with van der Waals surface area (Å²) < 4.78 is 30.7. The molecule has 26 heavy (non-hydrogen) atoms. The van der Waals surface area contributed by atoms with E-state index in [1.807, 2.05) is 36.5 Å². The lowest BCUT2D eigenvalue weighted by Gasteiger charge is -2.11. The molecule has 1 aromatic heterocycles. The van der Waals surface area contributed by atoms with Crippen molar-refractivity contribution in [1.29, 1.82) is 0 Å². The molecule has 0 aliphatic heterocycles. The van der Waals surface area contributed by atoms with E-state index in [0.717, 1.165) is 11.1 Å². The Morgan fingerprint density at radius 1 is 1.12 bits per heavy atom. The van der Waals surface area contributed by atoms with E-state index in [0.29, 0.717) is 13.1 Å². The lowest BCUT2D eigenvalue weighted by Crippen LogP contribution is -2.23. The molecule has 0 aliphatic carbocycles. The largest absolute Gasteiger partial charge is 0.435 e. The molecule has 0 fully saturated rings. The van der Waals surface area contributed by atoms with Gasteiger partial charge in [-0.25, -0.2) is 0 Å². The number of alkyl halides is 2. The van der Waals surface area contributed by atoms with Crippen LogP contribution in [0.5, 0.6) is 5.75 Å². The van der Waals surface area contributed by atoms with Crippen LogP contribution in [0, 0.1) is 0 Å². The molecule has 0 atom stereocenters. The maximum atomic E-state index is 12.3. The summed E-state index contributed by atoms with van der Waals surface area (Å²) >= 11 is 0. The number of amides is 1. The van der Waals surface area contributed by atoms with Gasteiger partial charge in [0.15, 0.2) is 0 Å². The fourth-order valence-corrected chi connectivity index (χ4v) is 2.54. The number of carbonyl (C=O) groups excluding carboxylic acids is 1. The second-order valence-electron chi connectivity index (χ2n) is 5.56. The average Bonchev–Trinajstić information content (AvgIpc) is 3.13. The Morgan fingerprint density at radius 2 is 1.92 bits per heavy atom. The highest BCUT2D eigenvalue weighted by Crippen LogP contribution is 2.16. The number of rotatable bonds is 7. The molecule has 1 amide bonds. The van der Waals surface area contributed by atoms with E-state index < -0.39 is 6.61 Å². The minimum atomic E-state index is -2.93. The smallest absolute Gasteiger partial charge is 0.387 e. The van der Waals surface area contributed by atoms with Crippen molar-refractivity contribution in [1.82, 2.24) is 15.1 Å². The first-order chi connectivity index (χ1) is 12.6. The van der Waals surface area contributed by atoms with Crippen LogP contribution in [0.1, 0.15) is 21.5 Å². The van der Waals surface area contributed by atoms with Gasteiger partial charge in [-0.1, -0.05) is 30.3 Å². The van der Waals surface area contributed by atoms with Crippen molar-refractivity contribution in [3.8, 4) is 5.75 Å². The molecule has 1 N–H and O–H groups in total. The zero-order valence-corrected chi connectivity index (χ0v) is 13.8. The lowest BCUT2D eigenvalue weighted by atomic mass is 10.1. The second-order valence-corrected chi connectivity index (χ2v) is 5.56. The van der Waals surface area contributed by atoms with Crippen LogP contribution in [0.4, 0.5) is 8.78 Å². The number of hydrogen-bond acceptors (Lipinski definition) is 3.